The number of aliphatic carboxylic acids is 1. The van der Waals surface area contributed by atoms with Crippen LogP contribution in [0, 0.1) is 0 Å². The maximum Gasteiger partial charge on any atom is 0.328 e. The molecule has 1 aromatic carbocycles. The fraction of sp³-hybridized carbons (Fsp3) is 0.312. The summed E-state index contributed by atoms with van der Waals surface area (Å²) < 4.78 is 5.14. The van der Waals surface area contributed by atoms with Gasteiger partial charge in [-0.25, -0.2) is 4.79 Å². The molecule has 4 nitrogen and oxygen atoms in total. The summed E-state index contributed by atoms with van der Waals surface area (Å²) in [5.41, 5.74) is 3.07. The van der Waals surface area contributed by atoms with Gasteiger partial charge < -0.3 is 14.7 Å². The molecule has 0 amide bonds. The number of nitrogens with zero attached hydrogens (tertiary/aromatic N) is 1. The van der Waals surface area contributed by atoms with Crippen LogP contribution in [0.2, 0.25) is 5.02 Å². The highest BCUT2D eigenvalue weighted by molar-refractivity contribution is 6.32. The Hall–Kier alpha value is -1.78. The third kappa shape index (κ3) is 4.34. The van der Waals surface area contributed by atoms with Crippen molar-refractivity contribution in [3.63, 3.8) is 0 Å². The van der Waals surface area contributed by atoms with Crippen LogP contribution in [0.4, 0.5) is 5.69 Å². The highest BCUT2D eigenvalue weighted by Gasteiger charge is 2.13. The molecule has 0 fully saturated rings. The molecule has 0 aliphatic carbocycles. The summed E-state index contributed by atoms with van der Waals surface area (Å²) in [6.07, 6.45) is 5.74. The largest absolute Gasteiger partial charge is 0.478 e. The SMILES string of the molecule is COCC1=CCN(c2ccc(/C=C/C(=O)O)c(Cl)c2)CC1. The molecule has 1 aromatic rings. The van der Waals surface area contributed by atoms with Gasteiger partial charge in [0.1, 0.15) is 0 Å². The van der Waals surface area contributed by atoms with E-state index < -0.39 is 5.97 Å². The highest BCUT2D eigenvalue weighted by atomic mass is 35.5. The molecule has 0 bridgehead atoms. The fourth-order valence-corrected chi connectivity index (χ4v) is 2.51. The van der Waals surface area contributed by atoms with Gasteiger partial charge in [0, 0.05) is 37.0 Å². The Morgan fingerprint density at radius 2 is 2.33 bits per heavy atom. The predicted octanol–water partition coefficient (Wildman–Crippen LogP) is 3.22. The predicted molar refractivity (Wildman–Crippen MR) is 84.9 cm³/mol. The lowest BCUT2D eigenvalue weighted by Crippen LogP contribution is -2.29. The number of benzene rings is 1. The zero-order valence-corrected chi connectivity index (χ0v) is 12.6. The highest BCUT2D eigenvalue weighted by Crippen LogP contribution is 2.26. The third-order valence-corrected chi connectivity index (χ3v) is 3.71. The Labute approximate surface area is 129 Å². The van der Waals surface area contributed by atoms with Gasteiger partial charge in [0.05, 0.1) is 6.61 Å². The molecule has 5 heteroatoms. The topological polar surface area (TPSA) is 49.8 Å². The normalized spacial score (nSPS) is 15.3. The number of hydrogen-bond donors (Lipinski definition) is 1. The molecule has 1 aliphatic rings. The number of anilines is 1. The zero-order chi connectivity index (χ0) is 15.2. The van der Waals surface area contributed by atoms with Crippen LogP contribution in [-0.2, 0) is 9.53 Å². The lowest BCUT2D eigenvalue weighted by Gasteiger charge is -2.28. The van der Waals surface area contributed by atoms with Crippen molar-refractivity contribution < 1.29 is 14.6 Å². The van der Waals surface area contributed by atoms with Gasteiger partial charge in [-0.05, 0) is 35.8 Å². The minimum absolute atomic E-state index is 0.552. The Balaban J connectivity index is 2.09. The fourth-order valence-electron chi connectivity index (χ4n) is 2.27. The van der Waals surface area contributed by atoms with E-state index in [9.17, 15) is 4.79 Å². The first-order valence-corrected chi connectivity index (χ1v) is 7.10. The van der Waals surface area contributed by atoms with E-state index in [1.165, 1.54) is 11.6 Å². The van der Waals surface area contributed by atoms with Gasteiger partial charge in [-0.3, -0.25) is 0 Å². The van der Waals surface area contributed by atoms with Crippen LogP contribution in [0.1, 0.15) is 12.0 Å². The summed E-state index contributed by atoms with van der Waals surface area (Å²) in [4.78, 5) is 12.8. The van der Waals surface area contributed by atoms with E-state index in [-0.39, 0.29) is 0 Å². The third-order valence-electron chi connectivity index (χ3n) is 3.39. The molecular formula is C16H18ClNO3. The van der Waals surface area contributed by atoms with Gasteiger partial charge >= 0.3 is 5.97 Å². The molecule has 0 spiro atoms. The number of carbonyl (C=O) groups is 1. The molecule has 21 heavy (non-hydrogen) atoms. The van der Waals surface area contributed by atoms with Gasteiger partial charge in [0.25, 0.3) is 0 Å². The minimum Gasteiger partial charge on any atom is -0.478 e. The number of methoxy groups -OCH3 is 1. The van der Waals surface area contributed by atoms with E-state index in [0.29, 0.717) is 17.2 Å². The molecule has 1 heterocycles. The zero-order valence-electron chi connectivity index (χ0n) is 11.9. The summed E-state index contributed by atoms with van der Waals surface area (Å²) in [5, 5.41) is 9.19. The summed E-state index contributed by atoms with van der Waals surface area (Å²) in [7, 11) is 1.70. The molecule has 0 saturated heterocycles. The Morgan fingerprint density at radius 1 is 1.52 bits per heavy atom. The molecule has 1 aliphatic heterocycles. The van der Waals surface area contributed by atoms with Gasteiger partial charge in [-0.2, -0.15) is 0 Å². The maximum atomic E-state index is 10.5. The Bertz CT molecular complexity index is 581. The average molecular weight is 308 g/mol. The van der Waals surface area contributed by atoms with Crippen LogP contribution < -0.4 is 4.90 Å². The van der Waals surface area contributed by atoms with Crippen molar-refractivity contribution in [3.8, 4) is 0 Å². The van der Waals surface area contributed by atoms with Crippen molar-refractivity contribution in [2.45, 2.75) is 6.42 Å². The monoisotopic (exact) mass is 307 g/mol. The van der Waals surface area contributed by atoms with E-state index in [2.05, 4.69) is 11.0 Å². The lowest BCUT2D eigenvalue weighted by molar-refractivity contribution is -0.131. The number of carboxylic acids is 1. The number of ether oxygens (including phenoxy) is 1. The van der Waals surface area contributed by atoms with Crippen molar-refractivity contribution in [2.75, 3.05) is 31.7 Å². The molecule has 0 aromatic heterocycles. The molecule has 0 saturated carbocycles. The van der Waals surface area contributed by atoms with E-state index in [1.54, 1.807) is 7.11 Å². The second kappa shape index (κ2) is 7.29. The number of rotatable bonds is 5. The van der Waals surface area contributed by atoms with Crippen LogP contribution in [0.25, 0.3) is 6.08 Å². The van der Waals surface area contributed by atoms with Gasteiger partial charge in [0.2, 0.25) is 0 Å². The number of halogens is 1. The second-order valence-electron chi connectivity index (χ2n) is 4.87. The van der Waals surface area contributed by atoms with E-state index in [4.69, 9.17) is 21.4 Å². The van der Waals surface area contributed by atoms with E-state index in [1.807, 2.05) is 18.2 Å². The molecule has 2 rings (SSSR count). The molecule has 1 N–H and O–H groups in total. The Kier molecular flexibility index (Phi) is 5.42. The van der Waals surface area contributed by atoms with Crippen molar-refractivity contribution in [1.82, 2.24) is 0 Å². The molecule has 0 radical (unpaired) electrons. The second-order valence-corrected chi connectivity index (χ2v) is 5.28. The quantitative estimate of drug-likeness (QED) is 0.670. The first kappa shape index (κ1) is 15.6. The Morgan fingerprint density at radius 3 is 2.90 bits per heavy atom. The maximum absolute atomic E-state index is 10.5. The van der Waals surface area contributed by atoms with Gasteiger partial charge in [-0.15, -0.1) is 0 Å². The van der Waals surface area contributed by atoms with E-state index in [0.717, 1.165) is 31.3 Å². The number of carboxylic acid groups (broad SMARTS) is 1. The minimum atomic E-state index is -0.984. The first-order valence-electron chi connectivity index (χ1n) is 6.72. The molecule has 0 unspecified atom stereocenters. The summed E-state index contributed by atoms with van der Waals surface area (Å²) in [6, 6.07) is 5.67. The van der Waals surface area contributed by atoms with Gasteiger partial charge in [-0.1, -0.05) is 23.7 Å². The van der Waals surface area contributed by atoms with Crippen molar-refractivity contribution >= 4 is 29.3 Å². The molecule has 0 atom stereocenters. The summed E-state index contributed by atoms with van der Waals surface area (Å²) in [6.45, 7) is 2.45. The summed E-state index contributed by atoms with van der Waals surface area (Å²) in [5.74, 6) is -0.984. The summed E-state index contributed by atoms with van der Waals surface area (Å²) >= 11 is 6.20. The molecule has 112 valence electrons. The van der Waals surface area contributed by atoms with E-state index >= 15 is 0 Å². The standard InChI is InChI=1S/C16H18ClNO3/c1-21-11-12-6-8-18(9-7-12)14-4-2-13(15(17)10-14)3-5-16(19)20/h2-6,10H,7-9,11H2,1H3,(H,19,20)/b5-3+. The van der Waals surface area contributed by atoms with Crippen LogP contribution in [0.5, 0.6) is 0 Å². The van der Waals surface area contributed by atoms with Crippen molar-refractivity contribution in [3.05, 3.63) is 46.5 Å². The van der Waals surface area contributed by atoms with Crippen LogP contribution in [0.15, 0.2) is 35.9 Å². The van der Waals surface area contributed by atoms with Crippen LogP contribution in [0.3, 0.4) is 0 Å². The number of hydrogen-bond acceptors (Lipinski definition) is 3. The van der Waals surface area contributed by atoms with Crippen LogP contribution >= 0.6 is 11.6 Å². The first-order chi connectivity index (χ1) is 10.1. The van der Waals surface area contributed by atoms with Gasteiger partial charge in [0.15, 0.2) is 0 Å². The smallest absolute Gasteiger partial charge is 0.328 e. The van der Waals surface area contributed by atoms with Crippen molar-refractivity contribution in [1.29, 1.82) is 0 Å². The molecular weight excluding hydrogens is 290 g/mol. The average Bonchev–Trinajstić information content (AvgIpc) is 2.47. The van der Waals surface area contributed by atoms with Crippen molar-refractivity contribution in [2.24, 2.45) is 0 Å². The van der Waals surface area contributed by atoms with Crippen LogP contribution in [-0.4, -0.2) is 37.9 Å². The lowest BCUT2D eigenvalue weighted by atomic mass is 10.1.